The van der Waals surface area contributed by atoms with Gasteiger partial charge in [-0.15, -0.1) is 0 Å². The van der Waals surface area contributed by atoms with Crippen LogP contribution in [-0.4, -0.2) is 35.1 Å². The van der Waals surface area contributed by atoms with Crippen molar-refractivity contribution in [1.82, 2.24) is 5.32 Å². The zero-order chi connectivity index (χ0) is 12.2. The topological polar surface area (TPSA) is 70.6 Å². The molecule has 0 aromatic heterocycles. The van der Waals surface area contributed by atoms with Gasteiger partial charge in [0.25, 0.3) is 0 Å². The first kappa shape index (κ1) is 13.6. The lowest BCUT2D eigenvalue weighted by molar-refractivity contribution is 0.314. The molecule has 0 saturated heterocycles. The average Bonchev–Trinajstić information content (AvgIpc) is 2.98. The molecule has 4 nitrogen and oxygen atoms in total. The van der Waals surface area contributed by atoms with Gasteiger partial charge in [-0.1, -0.05) is 5.16 Å². The number of nitrogens with two attached hydrogens (primary N) is 1. The van der Waals surface area contributed by atoms with Gasteiger partial charge in [0.15, 0.2) is 0 Å². The summed E-state index contributed by atoms with van der Waals surface area (Å²) in [4.78, 5) is 0. The lowest BCUT2D eigenvalue weighted by Gasteiger charge is -2.24. The molecule has 16 heavy (non-hydrogen) atoms. The number of hydrogen-bond donors (Lipinski definition) is 3. The fraction of sp³-hybridized carbons (Fsp3) is 0.909. The first-order valence-corrected chi connectivity index (χ1v) is 6.88. The number of thioether (sulfide) groups is 1. The van der Waals surface area contributed by atoms with E-state index in [0.29, 0.717) is 12.3 Å². The van der Waals surface area contributed by atoms with E-state index in [1.165, 1.54) is 12.8 Å². The van der Waals surface area contributed by atoms with Crippen molar-refractivity contribution in [1.29, 1.82) is 0 Å². The minimum atomic E-state index is 0.255. The highest BCUT2D eigenvalue weighted by Gasteiger charge is 2.43. The van der Waals surface area contributed by atoms with Gasteiger partial charge in [-0.05, 0) is 38.4 Å². The summed E-state index contributed by atoms with van der Waals surface area (Å²) < 4.78 is 0.271. The van der Waals surface area contributed by atoms with E-state index in [4.69, 9.17) is 10.9 Å². The van der Waals surface area contributed by atoms with Crippen LogP contribution in [0.4, 0.5) is 0 Å². The number of hydrogen-bond acceptors (Lipinski definition) is 4. The Morgan fingerprint density at radius 3 is 2.62 bits per heavy atom. The molecular formula is C11H23N3OS. The van der Waals surface area contributed by atoms with Crippen molar-refractivity contribution in [2.45, 2.75) is 37.9 Å². The zero-order valence-electron chi connectivity index (χ0n) is 10.4. The van der Waals surface area contributed by atoms with Crippen molar-refractivity contribution in [3.05, 3.63) is 0 Å². The molecule has 0 radical (unpaired) electrons. The molecule has 1 fully saturated rings. The van der Waals surface area contributed by atoms with Gasteiger partial charge in [0, 0.05) is 24.3 Å². The maximum atomic E-state index is 8.56. The molecule has 5 heteroatoms. The van der Waals surface area contributed by atoms with E-state index in [-0.39, 0.29) is 10.2 Å². The molecule has 0 atom stereocenters. The largest absolute Gasteiger partial charge is 0.409 e. The number of rotatable bonds is 7. The van der Waals surface area contributed by atoms with Crippen LogP contribution in [0.15, 0.2) is 5.16 Å². The number of nitrogens with one attached hydrogen (secondary N) is 1. The normalized spacial score (nSPS) is 19.8. The number of nitrogens with zero attached hydrogens (tertiary/aromatic N) is 1. The van der Waals surface area contributed by atoms with Crippen molar-refractivity contribution >= 4 is 17.6 Å². The molecule has 0 aromatic rings. The maximum Gasteiger partial charge on any atom is 0.139 e. The Morgan fingerprint density at radius 1 is 1.56 bits per heavy atom. The molecule has 0 unspecified atom stereocenters. The van der Waals surface area contributed by atoms with E-state index in [1.54, 1.807) is 0 Å². The summed E-state index contributed by atoms with van der Waals surface area (Å²) in [5.41, 5.74) is 5.81. The van der Waals surface area contributed by atoms with E-state index in [0.717, 1.165) is 13.1 Å². The molecule has 1 saturated carbocycles. The molecular weight excluding hydrogens is 222 g/mol. The van der Waals surface area contributed by atoms with E-state index < -0.39 is 0 Å². The minimum absolute atomic E-state index is 0.255. The van der Waals surface area contributed by atoms with Crippen LogP contribution in [0.25, 0.3) is 0 Å². The minimum Gasteiger partial charge on any atom is -0.409 e. The second-order valence-electron chi connectivity index (χ2n) is 5.34. The third-order valence-electron chi connectivity index (χ3n) is 3.24. The first-order chi connectivity index (χ1) is 7.43. The fourth-order valence-electron chi connectivity index (χ4n) is 1.71. The molecule has 1 aliphatic carbocycles. The summed E-state index contributed by atoms with van der Waals surface area (Å²) in [6.07, 6.45) is 5.19. The quantitative estimate of drug-likeness (QED) is 0.276. The lowest BCUT2D eigenvalue weighted by atomic mass is 10.0. The lowest BCUT2D eigenvalue weighted by Crippen LogP contribution is -2.36. The summed E-state index contributed by atoms with van der Waals surface area (Å²) in [6, 6.07) is 0. The van der Waals surface area contributed by atoms with Crippen molar-refractivity contribution in [3.8, 4) is 0 Å². The molecule has 0 bridgehead atoms. The molecule has 4 N–H and O–H groups in total. The SMILES string of the molecule is CSC(C)(C)CNCC1(CC(N)=NO)CC1. The van der Waals surface area contributed by atoms with E-state index in [9.17, 15) is 0 Å². The zero-order valence-corrected chi connectivity index (χ0v) is 11.2. The van der Waals surface area contributed by atoms with Crippen LogP contribution < -0.4 is 11.1 Å². The smallest absolute Gasteiger partial charge is 0.139 e. The highest BCUT2D eigenvalue weighted by Crippen LogP contribution is 2.48. The van der Waals surface area contributed by atoms with Gasteiger partial charge in [0.2, 0.25) is 0 Å². The van der Waals surface area contributed by atoms with E-state index in [1.807, 2.05) is 11.8 Å². The second kappa shape index (κ2) is 5.27. The second-order valence-corrected chi connectivity index (χ2v) is 6.85. The van der Waals surface area contributed by atoms with Gasteiger partial charge >= 0.3 is 0 Å². The third kappa shape index (κ3) is 4.22. The summed E-state index contributed by atoms with van der Waals surface area (Å²) in [5, 5.41) is 15.1. The fourth-order valence-corrected chi connectivity index (χ4v) is 1.96. The summed E-state index contributed by atoms with van der Waals surface area (Å²) >= 11 is 1.87. The summed E-state index contributed by atoms with van der Waals surface area (Å²) in [6.45, 7) is 6.42. The van der Waals surface area contributed by atoms with Crippen LogP contribution in [0.3, 0.4) is 0 Å². The van der Waals surface area contributed by atoms with E-state index >= 15 is 0 Å². The van der Waals surface area contributed by atoms with Crippen molar-refractivity contribution in [2.24, 2.45) is 16.3 Å². The summed E-state index contributed by atoms with van der Waals surface area (Å²) in [7, 11) is 0. The molecule has 0 heterocycles. The maximum absolute atomic E-state index is 8.56. The van der Waals surface area contributed by atoms with Crippen molar-refractivity contribution in [3.63, 3.8) is 0 Å². The molecule has 0 amide bonds. The molecule has 0 spiro atoms. The van der Waals surface area contributed by atoms with Gasteiger partial charge in [0.1, 0.15) is 5.84 Å². The first-order valence-electron chi connectivity index (χ1n) is 5.65. The van der Waals surface area contributed by atoms with Crippen LogP contribution in [-0.2, 0) is 0 Å². The van der Waals surface area contributed by atoms with Crippen LogP contribution >= 0.6 is 11.8 Å². The van der Waals surface area contributed by atoms with Gasteiger partial charge in [0.05, 0.1) is 0 Å². The molecule has 1 rings (SSSR count). The third-order valence-corrected chi connectivity index (χ3v) is 4.49. The average molecular weight is 245 g/mol. The molecule has 0 aromatic carbocycles. The van der Waals surface area contributed by atoms with Crippen LogP contribution in [0, 0.1) is 5.41 Å². The molecule has 1 aliphatic rings. The van der Waals surface area contributed by atoms with Gasteiger partial charge < -0.3 is 16.3 Å². The highest BCUT2D eigenvalue weighted by atomic mass is 32.2. The Labute approximate surface area is 102 Å². The molecule has 0 aliphatic heterocycles. The van der Waals surface area contributed by atoms with E-state index in [2.05, 4.69) is 30.6 Å². The van der Waals surface area contributed by atoms with Gasteiger partial charge in [-0.3, -0.25) is 0 Å². The Morgan fingerprint density at radius 2 is 2.19 bits per heavy atom. The number of amidine groups is 1. The van der Waals surface area contributed by atoms with Crippen molar-refractivity contribution in [2.75, 3.05) is 19.3 Å². The van der Waals surface area contributed by atoms with Crippen molar-refractivity contribution < 1.29 is 5.21 Å². The predicted molar refractivity (Wildman–Crippen MR) is 70.2 cm³/mol. The van der Waals surface area contributed by atoms with Gasteiger partial charge in [-0.25, -0.2) is 0 Å². The van der Waals surface area contributed by atoms with Gasteiger partial charge in [-0.2, -0.15) is 11.8 Å². The summed E-state index contributed by atoms with van der Waals surface area (Å²) in [5.74, 6) is 0.350. The Hall–Kier alpha value is -0.420. The monoisotopic (exact) mass is 245 g/mol. The van der Waals surface area contributed by atoms with Crippen LogP contribution in [0.5, 0.6) is 0 Å². The Kier molecular flexibility index (Phi) is 4.50. The number of oxime groups is 1. The Bertz CT molecular complexity index is 262. The standard InChI is InChI=1S/C11H23N3OS/c1-10(2,16-3)7-13-8-11(4-5-11)6-9(12)14-15/h13,15H,4-8H2,1-3H3,(H2,12,14). The molecule has 94 valence electrons. The highest BCUT2D eigenvalue weighted by molar-refractivity contribution is 7.99. The van der Waals surface area contributed by atoms with Crippen LogP contribution in [0.1, 0.15) is 33.1 Å². The Balaban J connectivity index is 2.27. The predicted octanol–water partition coefficient (Wildman–Crippen LogP) is 1.63. The van der Waals surface area contributed by atoms with Crippen LogP contribution in [0.2, 0.25) is 0 Å².